The van der Waals surface area contributed by atoms with Crippen LogP contribution in [-0.2, 0) is 9.53 Å². The lowest BCUT2D eigenvalue weighted by atomic mass is 9.89. The van der Waals surface area contributed by atoms with Gasteiger partial charge >= 0.3 is 0 Å². The number of amides is 1. The zero-order valence-electron chi connectivity index (χ0n) is 11.3. The van der Waals surface area contributed by atoms with Crippen molar-refractivity contribution in [2.45, 2.75) is 24.8 Å². The number of rotatable bonds is 2. The third-order valence-electron chi connectivity index (χ3n) is 4.18. The number of nitrogens with zero attached hydrogens (tertiary/aromatic N) is 1. The topological polar surface area (TPSA) is 41.6 Å². The van der Waals surface area contributed by atoms with Gasteiger partial charge < -0.3 is 15.0 Å². The Bertz CT molecular complexity index is 469. The predicted molar refractivity (Wildman–Crippen MR) is 74.3 cm³/mol. The lowest BCUT2D eigenvalue weighted by molar-refractivity contribution is -0.133. The van der Waals surface area contributed by atoms with Crippen LogP contribution in [0.2, 0.25) is 0 Å². The van der Waals surface area contributed by atoms with E-state index in [1.54, 1.807) is 0 Å². The maximum atomic E-state index is 12.7. The van der Waals surface area contributed by atoms with Crippen LogP contribution in [0.4, 0.5) is 5.69 Å². The van der Waals surface area contributed by atoms with E-state index in [1.807, 2.05) is 30.1 Å². The molecule has 3 rings (SSSR count). The lowest BCUT2D eigenvalue weighted by Gasteiger charge is -2.31. The zero-order chi connectivity index (χ0) is 13.2. The van der Waals surface area contributed by atoms with Gasteiger partial charge in [0.2, 0.25) is 5.91 Å². The smallest absolute Gasteiger partial charge is 0.230 e. The number of benzene rings is 1. The SMILES string of the molecule is CN(C(=O)C1CCNc2ccccc21)C1CCOC1. The Hall–Kier alpha value is -1.55. The molecule has 0 radical (unpaired) electrons. The first-order valence-corrected chi connectivity index (χ1v) is 6.94. The Labute approximate surface area is 113 Å². The van der Waals surface area contributed by atoms with Gasteiger partial charge in [-0.2, -0.15) is 0 Å². The van der Waals surface area contributed by atoms with E-state index in [4.69, 9.17) is 4.74 Å². The Morgan fingerprint density at radius 1 is 1.37 bits per heavy atom. The fourth-order valence-corrected chi connectivity index (χ4v) is 2.98. The molecule has 4 nitrogen and oxygen atoms in total. The van der Waals surface area contributed by atoms with E-state index in [2.05, 4.69) is 11.4 Å². The Morgan fingerprint density at radius 2 is 2.21 bits per heavy atom. The number of fused-ring (bicyclic) bond motifs is 1. The predicted octanol–water partition coefficient (Wildman–Crippen LogP) is 1.83. The summed E-state index contributed by atoms with van der Waals surface area (Å²) >= 11 is 0. The number of hydrogen-bond donors (Lipinski definition) is 1. The molecule has 0 bridgehead atoms. The lowest BCUT2D eigenvalue weighted by Crippen LogP contribution is -2.41. The van der Waals surface area contributed by atoms with E-state index < -0.39 is 0 Å². The molecule has 1 fully saturated rings. The molecule has 1 amide bonds. The van der Waals surface area contributed by atoms with E-state index in [0.717, 1.165) is 37.2 Å². The molecule has 0 aliphatic carbocycles. The molecule has 0 spiro atoms. The molecule has 0 saturated carbocycles. The molecule has 1 N–H and O–H groups in total. The number of carbonyl (C=O) groups excluding carboxylic acids is 1. The molecular weight excluding hydrogens is 240 g/mol. The molecular formula is C15H20N2O2. The van der Waals surface area contributed by atoms with Crippen molar-refractivity contribution in [3.63, 3.8) is 0 Å². The minimum atomic E-state index is -0.0111. The summed E-state index contributed by atoms with van der Waals surface area (Å²) in [5, 5.41) is 3.36. The molecule has 2 heterocycles. The molecule has 4 heteroatoms. The van der Waals surface area contributed by atoms with Crippen LogP contribution in [0.1, 0.15) is 24.3 Å². The monoisotopic (exact) mass is 260 g/mol. The number of hydrogen-bond acceptors (Lipinski definition) is 3. The summed E-state index contributed by atoms with van der Waals surface area (Å²) in [7, 11) is 1.91. The minimum Gasteiger partial charge on any atom is -0.385 e. The third-order valence-corrected chi connectivity index (χ3v) is 4.18. The Kier molecular flexibility index (Phi) is 3.42. The van der Waals surface area contributed by atoms with Crippen LogP contribution < -0.4 is 5.32 Å². The average molecular weight is 260 g/mol. The van der Waals surface area contributed by atoms with Crippen LogP contribution in [0.15, 0.2) is 24.3 Å². The summed E-state index contributed by atoms with van der Waals surface area (Å²) in [6.07, 6.45) is 1.82. The second kappa shape index (κ2) is 5.21. The van der Waals surface area contributed by atoms with E-state index >= 15 is 0 Å². The summed E-state index contributed by atoms with van der Waals surface area (Å²) in [6.45, 7) is 2.31. The Morgan fingerprint density at radius 3 is 3.00 bits per heavy atom. The van der Waals surface area contributed by atoms with Crippen molar-refractivity contribution in [1.82, 2.24) is 4.90 Å². The number of nitrogens with one attached hydrogen (secondary N) is 1. The highest BCUT2D eigenvalue weighted by molar-refractivity contribution is 5.86. The summed E-state index contributed by atoms with van der Waals surface area (Å²) in [5.41, 5.74) is 2.23. The number of likely N-dealkylation sites (N-methyl/N-ethyl adjacent to an activating group) is 1. The second-order valence-electron chi connectivity index (χ2n) is 5.32. The zero-order valence-corrected chi connectivity index (χ0v) is 11.3. The third kappa shape index (κ3) is 2.32. The van der Waals surface area contributed by atoms with Gasteiger partial charge in [-0.15, -0.1) is 0 Å². The van der Waals surface area contributed by atoms with Crippen molar-refractivity contribution in [3.05, 3.63) is 29.8 Å². The highest BCUT2D eigenvalue weighted by atomic mass is 16.5. The first kappa shape index (κ1) is 12.5. The second-order valence-corrected chi connectivity index (χ2v) is 5.32. The molecule has 19 heavy (non-hydrogen) atoms. The fraction of sp³-hybridized carbons (Fsp3) is 0.533. The van der Waals surface area contributed by atoms with Gasteiger partial charge in [-0.1, -0.05) is 18.2 Å². The van der Waals surface area contributed by atoms with E-state index in [9.17, 15) is 4.79 Å². The van der Waals surface area contributed by atoms with Crippen molar-refractivity contribution < 1.29 is 9.53 Å². The maximum Gasteiger partial charge on any atom is 0.230 e. The molecule has 2 unspecified atom stereocenters. The molecule has 0 aromatic heterocycles. The maximum absolute atomic E-state index is 12.7. The summed E-state index contributed by atoms with van der Waals surface area (Å²) in [4.78, 5) is 14.6. The molecule has 1 aromatic carbocycles. The van der Waals surface area contributed by atoms with Gasteiger partial charge in [0.1, 0.15) is 0 Å². The van der Waals surface area contributed by atoms with Crippen LogP contribution in [0.3, 0.4) is 0 Å². The van der Waals surface area contributed by atoms with Gasteiger partial charge in [0, 0.05) is 25.9 Å². The van der Waals surface area contributed by atoms with Crippen LogP contribution in [0.5, 0.6) is 0 Å². The molecule has 102 valence electrons. The van der Waals surface area contributed by atoms with Gasteiger partial charge in [-0.3, -0.25) is 4.79 Å². The standard InChI is InChI=1S/C15H20N2O2/c1-17(11-7-9-19-10-11)15(18)13-6-8-16-14-5-3-2-4-12(13)14/h2-5,11,13,16H,6-10H2,1H3. The van der Waals surface area contributed by atoms with Crippen molar-refractivity contribution >= 4 is 11.6 Å². The van der Waals surface area contributed by atoms with Gasteiger partial charge in [-0.25, -0.2) is 0 Å². The first-order chi connectivity index (χ1) is 9.27. The van der Waals surface area contributed by atoms with Crippen LogP contribution >= 0.6 is 0 Å². The molecule has 2 aliphatic heterocycles. The van der Waals surface area contributed by atoms with Crippen molar-refractivity contribution in [2.24, 2.45) is 0 Å². The van der Waals surface area contributed by atoms with Crippen molar-refractivity contribution in [3.8, 4) is 0 Å². The summed E-state index contributed by atoms with van der Waals surface area (Å²) < 4.78 is 5.38. The fourth-order valence-electron chi connectivity index (χ4n) is 2.98. The normalized spacial score (nSPS) is 25.5. The van der Waals surface area contributed by atoms with Gasteiger partial charge in [0.25, 0.3) is 0 Å². The molecule has 2 aliphatic rings. The van der Waals surface area contributed by atoms with E-state index in [-0.39, 0.29) is 17.9 Å². The van der Waals surface area contributed by atoms with Crippen LogP contribution in [0, 0.1) is 0 Å². The number of para-hydroxylation sites is 1. The highest BCUT2D eigenvalue weighted by Gasteiger charge is 2.32. The first-order valence-electron chi connectivity index (χ1n) is 6.94. The molecule has 1 saturated heterocycles. The largest absolute Gasteiger partial charge is 0.385 e. The highest BCUT2D eigenvalue weighted by Crippen LogP contribution is 2.33. The Balaban J connectivity index is 1.80. The molecule has 1 aromatic rings. The summed E-state index contributed by atoms with van der Waals surface area (Å²) in [6, 6.07) is 8.36. The van der Waals surface area contributed by atoms with Crippen molar-refractivity contribution in [2.75, 3.05) is 32.1 Å². The molecule has 2 atom stereocenters. The van der Waals surface area contributed by atoms with Crippen LogP contribution in [-0.4, -0.2) is 43.7 Å². The van der Waals surface area contributed by atoms with Gasteiger partial charge in [-0.05, 0) is 24.5 Å². The van der Waals surface area contributed by atoms with E-state index in [0.29, 0.717) is 6.61 Å². The van der Waals surface area contributed by atoms with E-state index in [1.165, 1.54) is 0 Å². The summed E-state index contributed by atoms with van der Waals surface area (Å²) in [5.74, 6) is 0.215. The van der Waals surface area contributed by atoms with Gasteiger partial charge in [0.15, 0.2) is 0 Å². The van der Waals surface area contributed by atoms with Gasteiger partial charge in [0.05, 0.1) is 18.6 Å². The quantitative estimate of drug-likeness (QED) is 0.882. The number of anilines is 1. The average Bonchev–Trinajstić information content (AvgIpc) is 2.99. The van der Waals surface area contributed by atoms with Crippen molar-refractivity contribution in [1.29, 1.82) is 0 Å². The minimum absolute atomic E-state index is 0.0111. The van der Waals surface area contributed by atoms with Crippen LogP contribution in [0.25, 0.3) is 0 Å². The number of ether oxygens (including phenoxy) is 1. The number of carbonyl (C=O) groups is 1.